The first kappa shape index (κ1) is 12.3. The van der Waals surface area contributed by atoms with E-state index in [9.17, 15) is 8.42 Å². The Bertz CT molecular complexity index is 340. The van der Waals surface area contributed by atoms with Crippen molar-refractivity contribution >= 4 is 10.0 Å². The van der Waals surface area contributed by atoms with Gasteiger partial charge in [-0.25, -0.2) is 13.1 Å². The lowest BCUT2D eigenvalue weighted by molar-refractivity contribution is 0.0847. The lowest BCUT2D eigenvalue weighted by Gasteiger charge is -2.21. The van der Waals surface area contributed by atoms with Crippen LogP contribution >= 0.6 is 0 Å². The second-order valence-corrected chi connectivity index (χ2v) is 6.91. The van der Waals surface area contributed by atoms with E-state index in [2.05, 4.69) is 4.72 Å². The summed E-state index contributed by atoms with van der Waals surface area (Å²) >= 11 is 0. The van der Waals surface area contributed by atoms with Crippen LogP contribution in [0.4, 0.5) is 0 Å². The highest BCUT2D eigenvalue weighted by Gasteiger charge is 2.42. The molecule has 3 unspecified atom stereocenters. The van der Waals surface area contributed by atoms with Gasteiger partial charge in [0.15, 0.2) is 0 Å². The molecule has 0 bridgehead atoms. The van der Waals surface area contributed by atoms with Gasteiger partial charge in [0.25, 0.3) is 0 Å². The molecule has 3 atom stereocenters. The van der Waals surface area contributed by atoms with Crippen LogP contribution in [0.1, 0.15) is 26.2 Å². The van der Waals surface area contributed by atoms with E-state index in [1.165, 1.54) is 0 Å². The monoisotopic (exact) mass is 248 g/mol. The van der Waals surface area contributed by atoms with Gasteiger partial charge in [0.05, 0.1) is 17.4 Å². The highest BCUT2D eigenvalue weighted by atomic mass is 32.2. The summed E-state index contributed by atoms with van der Waals surface area (Å²) < 4.78 is 32.1. The smallest absolute Gasteiger partial charge is 0.215 e. The minimum atomic E-state index is -3.29. The molecule has 5 nitrogen and oxygen atoms in total. The van der Waals surface area contributed by atoms with Crippen molar-refractivity contribution in [2.24, 2.45) is 11.7 Å². The summed E-state index contributed by atoms with van der Waals surface area (Å²) in [5.41, 5.74) is 5.39. The molecular formula is C10H20N2O3S. The second kappa shape index (κ2) is 4.60. The number of ether oxygens (including phenoxy) is 1. The van der Waals surface area contributed by atoms with Crippen LogP contribution in [0.2, 0.25) is 0 Å². The summed E-state index contributed by atoms with van der Waals surface area (Å²) in [6, 6.07) is -0.0495. The van der Waals surface area contributed by atoms with Crippen LogP contribution in [0.3, 0.4) is 0 Å². The topological polar surface area (TPSA) is 81.4 Å². The van der Waals surface area contributed by atoms with Crippen LogP contribution in [0.25, 0.3) is 0 Å². The minimum Gasteiger partial charge on any atom is -0.376 e. The lowest BCUT2D eigenvalue weighted by atomic mass is 10.1. The first-order valence-electron chi connectivity index (χ1n) is 5.87. The largest absolute Gasteiger partial charge is 0.376 e. The number of rotatable bonds is 5. The quantitative estimate of drug-likeness (QED) is 0.707. The molecule has 1 aliphatic carbocycles. The molecule has 1 saturated heterocycles. The maximum atomic E-state index is 11.9. The minimum absolute atomic E-state index is 0.0495. The molecule has 1 aliphatic heterocycles. The van der Waals surface area contributed by atoms with Gasteiger partial charge in [-0.2, -0.15) is 0 Å². The van der Waals surface area contributed by atoms with Crippen molar-refractivity contribution in [1.29, 1.82) is 0 Å². The average molecular weight is 248 g/mol. The Morgan fingerprint density at radius 2 is 2.12 bits per heavy atom. The standard InChI is InChI=1S/C10H20N2O3S/c1-7(6-11)16(13,14)12-9-4-5-15-10(9)8-2-3-8/h7-10,12H,2-6,11H2,1H3. The molecular weight excluding hydrogens is 228 g/mol. The molecule has 0 aromatic carbocycles. The molecule has 0 aromatic rings. The molecule has 3 N–H and O–H groups in total. The van der Waals surface area contributed by atoms with E-state index in [0.29, 0.717) is 12.5 Å². The third-order valence-corrected chi connectivity index (χ3v) is 5.28. The third-order valence-electron chi connectivity index (χ3n) is 3.40. The third kappa shape index (κ3) is 2.56. The zero-order chi connectivity index (χ0) is 11.8. The summed E-state index contributed by atoms with van der Waals surface area (Å²) in [5, 5.41) is -0.534. The fourth-order valence-electron chi connectivity index (χ4n) is 2.08. The first-order chi connectivity index (χ1) is 7.54. The maximum Gasteiger partial charge on any atom is 0.215 e. The van der Waals surface area contributed by atoms with Crippen LogP contribution in [-0.2, 0) is 14.8 Å². The molecule has 1 heterocycles. The van der Waals surface area contributed by atoms with Gasteiger partial charge in [0.2, 0.25) is 10.0 Å². The van der Waals surface area contributed by atoms with Gasteiger partial charge in [-0.05, 0) is 32.1 Å². The highest BCUT2D eigenvalue weighted by Crippen LogP contribution is 2.38. The van der Waals surface area contributed by atoms with E-state index in [0.717, 1.165) is 19.3 Å². The van der Waals surface area contributed by atoms with Gasteiger partial charge in [0, 0.05) is 13.2 Å². The molecule has 94 valence electrons. The van der Waals surface area contributed by atoms with Crippen molar-refractivity contribution in [1.82, 2.24) is 4.72 Å². The van der Waals surface area contributed by atoms with Crippen molar-refractivity contribution in [3.8, 4) is 0 Å². The summed E-state index contributed by atoms with van der Waals surface area (Å²) in [7, 11) is -3.29. The predicted molar refractivity (Wildman–Crippen MR) is 61.4 cm³/mol. The van der Waals surface area contributed by atoms with E-state index in [4.69, 9.17) is 10.5 Å². The van der Waals surface area contributed by atoms with Crippen LogP contribution in [0.15, 0.2) is 0 Å². The number of sulfonamides is 1. The Labute approximate surface area is 96.8 Å². The van der Waals surface area contributed by atoms with Gasteiger partial charge < -0.3 is 10.5 Å². The van der Waals surface area contributed by atoms with E-state index >= 15 is 0 Å². The van der Waals surface area contributed by atoms with Crippen molar-refractivity contribution in [2.45, 2.75) is 43.6 Å². The molecule has 0 radical (unpaired) electrons. The zero-order valence-electron chi connectivity index (χ0n) is 9.56. The summed E-state index contributed by atoms with van der Waals surface area (Å²) in [6.07, 6.45) is 3.18. The van der Waals surface area contributed by atoms with E-state index in [-0.39, 0.29) is 18.7 Å². The molecule has 2 rings (SSSR count). The fourth-order valence-corrected chi connectivity index (χ4v) is 3.24. The summed E-state index contributed by atoms with van der Waals surface area (Å²) in [4.78, 5) is 0. The van der Waals surface area contributed by atoms with E-state index in [1.54, 1.807) is 6.92 Å². The zero-order valence-corrected chi connectivity index (χ0v) is 10.4. The van der Waals surface area contributed by atoms with Crippen LogP contribution < -0.4 is 10.5 Å². The second-order valence-electron chi connectivity index (χ2n) is 4.78. The van der Waals surface area contributed by atoms with Crippen molar-refractivity contribution in [3.63, 3.8) is 0 Å². The van der Waals surface area contributed by atoms with Crippen LogP contribution in [0.5, 0.6) is 0 Å². The van der Waals surface area contributed by atoms with Gasteiger partial charge >= 0.3 is 0 Å². The number of hydrogen-bond donors (Lipinski definition) is 2. The Hall–Kier alpha value is -0.170. The highest BCUT2D eigenvalue weighted by molar-refractivity contribution is 7.90. The number of hydrogen-bond acceptors (Lipinski definition) is 4. The molecule has 0 amide bonds. The number of nitrogens with two attached hydrogens (primary N) is 1. The maximum absolute atomic E-state index is 11.9. The number of nitrogens with one attached hydrogen (secondary N) is 1. The van der Waals surface area contributed by atoms with Crippen molar-refractivity contribution < 1.29 is 13.2 Å². The molecule has 1 saturated carbocycles. The van der Waals surface area contributed by atoms with Crippen molar-refractivity contribution in [2.75, 3.05) is 13.2 Å². The van der Waals surface area contributed by atoms with E-state index in [1.807, 2.05) is 0 Å². The Balaban J connectivity index is 1.97. The van der Waals surface area contributed by atoms with E-state index < -0.39 is 15.3 Å². The van der Waals surface area contributed by atoms with Crippen molar-refractivity contribution in [3.05, 3.63) is 0 Å². The van der Waals surface area contributed by atoms with Gasteiger partial charge in [-0.1, -0.05) is 0 Å². The Morgan fingerprint density at radius 1 is 1.44 bits per heavy atom. The molecule has 0 aromatic heterocycles. The van der Waals surface area contributed by atoms with Gasteiger partial charge in [-0.3, -0.25) is 0 Å². The summed E-state index contributed by atoms with van der Waals surface area (Å²) in [5.74, 6) is 0.559. The molecule has 6 heteroatoms. The predicted octanol–water partition coefficient (Wildman–Crippen LogP) is -0.179. The summed E-state index contributed by atoms with van der Waals surface area (Å²) in [6.45, 7) is 2.44. The van der Waals surface area contributed by atoms with Gasteiger partial charge in [0.1, 0.15) is 0 Å². The fraction of sp³-hybridized carbons (Fsp3) is 1.00. The Kier molecular flexibility index (Phi) is 3.53. The molecule has 2 fully saturated rings. The molecule has 16 heavy (non-hydrogen) atoms. The van der Waals surface area contributed by atoms with Crippen LogP contribution in [0, 0.1) is 5.92 Å². The Morgan fingerprint density at radius 3 is 2.69 bits per heavy atom. The SMILES string of the molecule is CC(CN)S(=O)(=O)NC1CCOC1C1CC1. The normalized spacial score (nSPS) is 32.9. The average Bonchev–Trinajstić information content (AvgIpc) is 2.99. The van der Waals surface area contributed by atoms with Gasteiger partial charge in [-0.15, -0.1) is 0 Å². The molecule has 2 aliphatic rings. The van der Waals surface area contributed by atoms with Crippen LogP contribution in [-0.4, -0.2) is 39.0 Å². The lowest BCUT2D eigenvalue weighted by Crippen LogP contribution is -2.46. The molecule has 0 spiro atoms. The first-order valence-corrected chi connectivity index (χ1v) is 7.42.